The molecule has 0 bridgehead atoms. The van der Waals surface area contributed by atoms with Crippen molar-refractivity contribution in [3.63, 3.8) is 0 Å². The summed E-state index contributed by atoms with van der Waals surface area (Å²) in [6.07, 6.45) is 4.73. The van der Waals surface area contributed by atoms with Gasteiger partial charge in [0, 0.05) is 13.1 Å². The lowest BCUT2D eigenvalue weighted by Gasteiger charge is -2.30. The Bertz CT molecular complexity index is 872. The van der Waals surface area contributed by atoms with Gasteiger partial charge in [0.15, 0.2) is 5.11 Å². The highest BCUT2D eigenvalue weighted by Crippen LogP contribution is 2.23. The maximum absolute atomic E-state index is 12.3. The van der Waals surface area contributed by atoms with E-state index >= 15 is 0 Å². The first kappa shape index (κ1) is 18.4. The van der Waals surface area contributed by atoms with Gasteiger partial charge in [-0.2, -0.15) is 0 Å². The number of hydrogen-bond donors (Lipinski definition) is 3. The molecule has 1 saturated carbocycles. The number of imidazole rings is 1. The largest absolute Gasteiger partial charge is 0.358 e. The summed E-state index contributed by atoms with van der Waals surface area (Å²) in [6.45, 7) is 2.14. The molecule has 140 valence electrons. The molecule has 0 radical (unpaired) electrons. The lowest BCUT2D eigenvalue weighted by Crippen LogP contribution is -2.52. The fourth-order valence-electron chi connectivity index (χ4n) is 3.56. The second-order valence-corrected chi connectivity index (χ2v) is 7.34. The third-order valence-corrected chi connectivity index (χ3v) is 5.32. The Balaban J connectivity index is 1.57. The second kappa shape index (κ2) is 7.90. The molecule has 0 saturated heterocycles. The molecule has 1 aliphatic carbocycles. The molecule has 3 N–H and O–H groups in total. The molecule has 0 spiro atoms. The average Bonchev–Trinajstić information content (AvgIpc) is 2.87. The Labute approximate surface area is 157 Å². The zero-order chi connectivity index (χ0) is 18.7. The zero-order valence-electron chi connectivity index (χ0n) is 15.1. The molecular formula is C18H25N5O2S. The van der Waals surface area contributed by atoms with Gasteiger partial charge in [0.1, 0.15) is 6.54 Å². The fourth-order valence-corrected chi connectivity index (χ4v) is 3.76. The van der Waals surface area contributed by atoms with Crippen LogP contribution in [0.5, 0.6) is 0 Å². The SMILES string of the molecule is CC1CCCCC1NC(=S)NNC(=O)Cn1c(=O)n(C)c2ccccc21. The van der Waals surface area contributed by atoms with Gasteiger partial charge in [-0.25, -0.2) is 4.79 Å². The van der Waals surface area contributed by atoms with Crippen LogP contribution >= 0.6 is 12.2 Å². The van der Waals surface area contributed by atoms with Gasteiger partial charge in [-0.15, -0.1) is 0 Å². The number of aryl methyl sites for hydroxylation is 1. The van der Waals surface area contributed by atoms with Crippen molar-refractivity contribution in [1.29, 1.82) is 0 Å². The molecule has 2 aromatic rings. The lowest BCUT2D eigenvalue weighted by molar-refractivity contribution is -0.122. The highest BCUT2D eigenvalue weighted by Gasteiger charge is 2.21. The molecule has 2 unspecified atom stereocenters. The molecule has 1 amide bonds. The Morgan fingerprint density at radius 3 is 2.62 bits per heavy atom. The van der Waals surface area contributed by atoms with E-state index in [1.54, 1.807) is 7.05 Å². The van der Waals surface area contributed by atoms with E-state index < -0.39 is 0 Å². The number of rotatable bonds is 3. The molecule has 3 rings (SSSR count). The minimum atomic E-state index is -0.329. The van der Waals surface area contributed by atoms with Crippen LogP contribution in [0.2, 0.25) is 0 Å². The van der Waals surface area contributed by atoms with Crippen molar-refractivity contribution in [2.24, 2.45) is 13.0 Å². The van der Waals surface area contributed by atoms with Gasteiger partial charge in [0.05, 0.1) is 11.0 Å². The Kier molecular flexibility index (Phi) is 5.61. The van der Waals surface area contributed by atoms with E-state index in [9.17, 15) is 9.59 Å². The van der Waals surface area contributed by atoms with Crippen LogP contribution < -0.4 is 21.9 Å². The monoisotopic (exact) mass is 375 g/mol. The van der Waals surface area contributed by atoms with E-state index in [1.165, 1.54) is 28.4 Å². The van der Waals surface area contributed by atoms with Crippen LogP contribution in [0.3, 0.4) is 0 Å². The summed E-state index contributed by atoms with van der Waals surface area (Å²) < 4.78 is 2.98. The third-order valence-electron chi connectivity index (χ3n) is 5.10. The van der Waals surface area contributed by atoms with Gasteiger partial charge < -0.3 is 5.32 Å². The number of hydrogen-bond acceptors (Lipinski definition) is 3. The van der Waals surface area contributed by atoms with E-state index in [1.807, 2.05) is 24.3 Å². The fraction of sp³-hybridized carbons (Fsp3) is 0.500. The maximum atomic E-state index is 12.3. The number of fused-ring (bicyclic) bond motifs is 1. The molecule has 1 aromatic carbocycles. The van der Waals surface area contributed by atoms with Gasteiger partial charge in [0.25, 0.3) is 5.91 Å². The summed E-state index contributed by atoms with van der Waals surface area (Å²) in [5.74, 6) is 0.234. The lowest BCUT2D eigenvalue weighted by atomic mass is 9.86. The molecule has 2 atom stereocenters. The van der Waals surface area contributed by atoms with Gasteiger partial charge in [0.2, 0.25) is 0 Å². The zero-order valence-corrected chi connectivity index (χ0v) is 15.9. The van der Waals surface area contributed by atoms with Crippen LogP contribution in [0.15, 0.2) is 29.1 Å². The van der Waals surface area contributed by atoms with E-state index in [4.69, 9.17) is 12.2 Å². The normalized spacial score (nSPS) is 19.9. The van der Waals surface area contributed by atoms with Crippen molar-refractivity contribution < 1.29 is 4.79 Å². The van der Waals surface area contributed by atoms with Gasteiger partial charge in [-0.3, -0.25) is 24.8 Å². The minimum absolute atomic E-state index is 0.0738. The first-order valence-electron chi connectivity index (χ1n) is 8.97. The first-order chi connectivity index (χ1) is 12.5. The number of thiocarbonyl (C=S) groups is 1. The number of nitrogens with zero attached hydrogens (tertiary/aromatic N) is 2. The van der Waals surface area contributed by atoms with Crippen LogP contribution in [0.25, 0.3) is 11.0 Å². The predicted molar refractivity (Wildman–Crippen MR) is 106 cm³/mol. The molecule has 1 fully saturated rings. The molecule has 8 heteroatoms. The summed E-state index contributed by atoms with van der Waals surface area (Å²) in [4.78, 5) is 24.6. The predicted octanol–water partition coefficient (Wildman–Crippen LogP) is 1.41. The molecular weight excluding hydrogens is 350 g/mol. The quantitative estimate of drug-likeness (QED) is 0.558. The molecule has 26 heavy (non-hydrogen) atoms. The van der Waals surface area contributed by atoms with Crippen molar-refractivity contribution in [1.82, 2.24) is 25.3 Å². The number of amides is 1. The number of aromatic nitrogens is 2. The van der Waals surface area contributed by atoms with E-state index in [0.29, 0.717) is 17.1 Å². The van der Waals surface area contributed by atoms with Crippen LogP contribution in [-0.2, 0) is 18.4 Å². The standard InChI is InChI=1S/C18H25N5O2S/c1-12-7-3-4-8-13(12)19-17(26)21-20-16(24)11-23-15-10-6-5-9-14(15)22(2)18(23)25/h5-6,9-10,12-13H,3-4,7-8,11H2,1-2H3,(H,20,24)(H2,19,21,26). The number of benzene rings is 1. The van der Waals surface area contributed by atoms with Gasteiger partial charge in [-0.1, -0.05) is 31.9 Å². The number of carbonyl (C=O) groups excluding carboxylic acids is 1. The molecule has 7 nitrogen and oxygen atoms in total. The number of nitrogens with one attached hydrogen (secondary N) is 3. The molecule has 1 heterocycles. The molecule has 1 aliphatic rings. The van der Waals surface area contributed by atoms with Gasteiger partial charge >= 0.3 is 5.69 Å². The summed E-state index contributed by atoms with van der Waals surface area (Å²) >= 11 is 5.27. The Morgan fingerprint density at radius 2 is 1.88 bits per heavy atom. The van der Waals surface area contributed by atoms with Crippen LogP contribution in [-0.4, -0.2) is 26.2 Å². The van der Waals surface area contributed by atoms with Crippen molar-refractivity contribution in [2.45, 2.75) is 45.2 Å². The summed E-state index contributed by atoms with van der Waals surface area (Å²) in [5.41, 5.74) is 6.62. The van der Waals surface area contributed by atoms with Gasteiger partial charge in [-0.05, 0) is 43.1 Å². The summed E-state index contributed by atoms with van der Waals surface area (Å²) in [7, 11) is 1.70. The van der Waals surface area contributed by atoms with Crippen molar-refractivity contribution in [3.05, 3.63) is 34.7 Å². The number of carbonyl (C=O) groups is 1. The number of para-hydroxylation sites is 2. The Hall–Kier alpha value is -2.35. The van der Waals surface area contributed by atoms with Crippen LogP contribution in [0, 0.1) is 5.92 Å². The van der Waals surface area contributed by atoms with E-state index in [2.05, 4.69) is 23.1 Å². The topological polar surface area (TPSA) is 80.1 Å². The molecule has 1 aromatic heterocycles. The minimum Gasteiger partial charge on any atom is -0.358 e. The van der Waals surface area contributed by atoms with Crippen molar-refractivity contribution in [2.75, 3.05) is 0 Å². The van der Waals surface area contributed by atoms with Crippen molar-refractivity contribution >= 4 is 34.3 Å². The molecule has 0 aliphatic heterocycles. The van der Waals surface area contributed by atoms with Crippen LogP contribution in [0.4, 0.5) is 0 Å². The van der Waals surface area contributed by atoms with Crippen molar-refractivity contribution in [3.8, 4) is 0 Å². The summed E-state index contributed by atoms with van der Waals surface area (Å²) in [6, 6.07) is 7.73. The second-order valence-electron chi connectivity index (χ2n) is 6.93. The first-order valence-corrected chi connectivity index (χ1v) is 9.38. The number of hydrazine groups is 1. The average molecular weight is 375 g/mol. The highest BCUT2D eigenvalue weighted by molar-refractivity contribution is 7.80. The smallest absolute Gasteiger partial charge is 0.329 e. The third kappa shape index (κ3) is 3.90. The van der Waals surface area contributed by atoms with E-state index in [0.717, 1.165) is 17.5 Å². The summed E-state index contributed by atoms with van der Waals surface area (Å²) in [5, 5.41) is 3.67. The Morgan fingerprint density at radius 1 is 1.19 bits per heavy atom. The maximum Gasteiger partial charge on any atom is 0.329 e. The highest BCUT2D eigenvalue weighted by atomic mass is 32.1. The van der Waals surface area contributed by atoms with E-state index in [-0.39, 0.29) is 18.1 Å². The van der Waals surface area contributed by atoms with Crippen LogP contribution in [0.1, 0.15) is 32.6 Å².